The van der Waals surface area contributed by atoms with Crippen molar-refractivity contribution in [3.05, 3.63) is 122 Å². The number of carbonyl (C=O) groups excluding carboxylic acids is 1. The third kappa shape index (κ3) is 7.30. The molecule has 3 N–H and O–H groups in total. The van der Waals surface area contributed by atoms with Crippen LogP contribution in [0.15, 0.2) is 90.1 Å². The molecular formula is C34H34N6O7. The number of pyridine rings is 1. The number of nitrogens with zero attached hydrogens (tertiary/aromatic N) is 4. The summed E-state index contributed by atoms with van der Waals surface area (Å²) in [4.78, 5) is 53.3. The zero-order chi connectivity index (χ0) is 33.7. The second-order valence-electron chi connectivity index (χ2n) is 11.2. The van der Waals surface area contributed by atoms with E-state index in [1.807, 2.05) is 13.0 Å². The smallest absolute Gasteiger partial charge is 0.303 e. The number of aromatic amines is 1. The fraction of sp³-hybridized carbons (Fsp3) is 0.235. The zero-order valence-electron chi connectivity index (χ0n) is 26.0. The number of hydrogen-bond acceptors (Lipinski definition) is 8. The molecule has 5 rings (SSSR count). The molecule has 0 aliphatic rings. The molecule has 13 heteroatoms. The van der Waals surface area contributed by atoms with E-state index in [1.165, 1.54) is 24.1 Å². The number of nitro groups is 1. The average molecular weight is 639 g/mol. The minimum atomic E-state index is -0.968. The number of nitro benzene ring substituents is 1. The number of anilines is 1. The molecule has 1 amide bonds. The van der Waals surface area contributed by atoms with Gasteiger partial charge in [0.1, 0.15) is 11.8 Å². The minimum absolute atomic E-state index is 0.00120. The number of rotatable bonds is 13. The third-order valence-corrected chi connectivity index (χ3v) is 8.06. The number of hydrogen-bond donors (Lipinski definition) is 3. The standard InChI is InChI=1S/C34H34N6O7/c1-21(5-12-31(41)42)27-10-7-23(18-30(27)47-3)32(37-25-8-6-22-13-15-35-33(43)28(22)19-25)34(44)38(2)20-24-17-26(40(45)46)9-11-29(24)39-16-4-14-36-39/h4,6-11,13-19,21,32,37H,5,12,20H2,1-3H3,(H,35,43)(H,41,42)/t21-,32?/m0/s1. The Kier molecular flexibility index (Phi) is 9.64. The van der Waals surface area contributed by atoms with E-state index in [1.54, 1.807) is 78.9 Å². The third-order valence-electron chi connectivity index (χ3n) is 8.06. The predicted octanol–water partition coefficient (Wildman–Crippen LogP) is 5.41. The molecule has 0 aliphatic carbocycles. The van der Waals surface area contributed by atoms with Crippen LogP contribution in [0.1, 0.15) is 48.4 Å². The molecule has 0 saturated carbocycles. The summed E-state index contributed by atoms with van der Waals surface area (Å²) in [5, 5.41) is 29.5. The lowest BCUT2D eigenvalue weighted by Crippen LogP contribution is -2.35. The number of carbonyl (C=O) groups is 2. The molecule has 13 nitrogen and oxygen atoms in total. The minimum Gasteiger partial charge on any atom is -0.496 e. The average Bonchev–Trinajstić information content (AvgIpc) is 3.60. The molecular weight excluding hydrogens is 604 g/mol. The maximum absolute atomic E-state index is 14.3. The Hall–Kier alpha value is -5.98. The van der Waals surface area contributed by atoms with Crippen molar-refractivity contribution in [1.29, 1.82) is 0 Å². The molecule has 5 aromatic rings. The molecule has 0 bridgehead atoms. The number of amides is 1. The predicted molar refractivity (Wildman–Crippen MR) is 176 cm³/mol. The summed E-state index contributed by atoms with van der Waals surface area (Å²) >= 11 is 0. The fourth-order valence-corrected chi connectivity index (χ4v) is 5.54. The van der Waals surface area contributed by atoms with E-state index in [9.17, 15) is 24.5 Å². The topological polar surface area (TPSA) is 173 Å². The number of ether oxygens (including phenoxy) is 1. The monoisotopic (exact) mass is 638 g/mol. The van der Waals surface area contributed by atoms with Gasteiger partial charge in [0, 0.05) is 67.4 Å². The Bertz CT molecular complexity index is 1990. The van der Waals surface area contributed by atoms with E-state index in [-0.39, 0.29) is 36.0 Å². The second-order valence-corrected chi connectivity index (χ2v) is 11.2. The van der Waals surface area contributed by atoms with Gasteiger partial charge in [0.25, 0.3) is 11.2 Å². The van der Waals surface area contributed by atoms with Gasteiger partial charge >= 0.3 is 5.97 Å². The molecule has 1 unspecified atom stereocenters. The Morgan fingerprint density at radius 2 is 1.96 bits per heavy atom. The van der Waals surface area contributed by atoms with Gasteiger partial charge in [-0.25, -0.2) is 4.68 Å². The van der Waals surface area contributed by atoms with Crippen LogP contribution >= 0.6 is 0 Å². The normalized spacial score (nSPS) is 12.3. The lowest BCUT2D eigenvalue weighted by Gasteiger charge is -2.27. The highest BCUT2D eigenvalue weighted by Gasteiger charge is 2.27. The molecule has 0 saturated heterocycles. The van der Waals surface area contributed by atoms with Gasteiger partial charge in [-0.05, 0) is 65.3 Å². The van der Waals surface area contributed by atoms with Gasteiger partial charge in [-0.3, -0.25) is 24.5 Å². The number of likely N-dealkylation sites (N-methyl/N-ethyl adjacent to an activating group) is 1. The van der Waals surface area contributed by atoms with Crippen molar-refractivity contribution < 1.29 is 24.4 Å². The number of carboxylic acids is 1. The highest BCUT2D eigenvalue weighted by Crippen LogP contribution is 2.34. The molecule has 2 aromatic heterocycles. The van der Waals surface area contributed by atoms with Gasteiger partial charge in [-0.1, -0.05) is 25.1 Å². The first-order valence-corrected chi connectivity index (χ1v) is 14.9. The molecule has 242 valence electrons. The van der Waals surface area contributed by atoms with E-state index in [0.717, 1.165) is 10.9 Å². The number of aromatic nitrogens is 3. The van der Waals surface area contributed by atoms with Gasteiger partial charge in [0.05, 0.1) is 17.7 Å². The van der Waals surface area contributed by atoms with Crippen molar-refractivity contribution in [2.24, 2.45) is 0 Å². The summed E-state index contributed by atoms with van der Waals surface area (Å²) in [5.41, 5.74) is 2.58. The van der Waals surface area contributed by atoms with E-state index >= 15 is 0 Å². The molecule has 2 heterocycles. The maximum atomic E-state index is 14.3. The number of nitrogens with one attached hydrogen (secondary N) is 2. The van der Waals surface area contributed by atoms with Crippen LogP contribution in [0.2, 0.25) is 0 Å². The second kappa shape index (κ2) is 14.0. The maximum Gasteiger partial charge on any atom is 0.303 e. The van der Waals surface area contributed by atoms with Gasteiger partial charge in [0.2, 0.25) is 5.91 Å². The molecule has 0 radical (unpaired) electrons. The van der Waals surface area contributed by atoms with E-state index in [0.29, 0.717) is 40.1 Å². The summed E-state index contributed by atoms with van der Waals surface area (Å²) < 4.78 is 7.28. The first-order valence-electron chi connectivity index (χ1n) is 14.9. The zero-order valence-corrected chi connectivity index (χ0v) is 26.0. The van der Waals surface area contributed by atoms with Crippen molar-refractivity contribution in [3.63, 3.8) is 0 Å². The first kappa shape index (κ1) is 32.4. The Labute approximate surface area is 269 Å². The quantitative estimate of drug-likeness (QED) is 0.113. The van der Waals surface area contributed by atoms with Crippen LogP contribution in [0.3, 0.4) is 0 Å². The van der Waals surface area contributed by atoms with E-state index < -0.39 is 16.9 Å². The van der Waals surface area contributed by atoms with Crippen molar-refractivity contribution >= 4 is 34.0 Å². The molecule has 0 fully saturated rings. The van der Waals surface area contributed by atoms with Crippen LogP contribution in [0.5, 0.6) is 5.75 Å². The molecule has 3 aromatic carbocycles. The van der Waals surface area contributed by atoms with Crippen LogP contribution in [0, 0.1) is 10.1 Å². The molecule has 0 aliphatic heterocycles. The number of benzene rings is 3. The van der Waals surface area contributed by atoms with E-state index in [4.69, 9.17) is 9.84 Å². The van der Waals surface area contributed by atoms with Crippen LogP contribution in [0.25, 0.3) is 16.5 Å². The van der Waals surface area contributed by atoms with Gasteiger partial charge in [0.15, 0.2) is 0 Å². The van der Waals surface area contributed by atoms with E-state index in [2.05, 4.69) is 15.4 Å². The number of non-ortho nitro benzene ring substituents is 1. The summed E-state index contributed by atoms with van der Waals surface area (Å²) in [6.45, 7) is 1.94. The fourth-order valence-electron chi connectivity index (χ4n) is 5.54. The van der Waals surface area contributed by atoms with Gasteiger partial charge in [-0.15, -0.1) is 0 Å². The number of H-pyrrole nitrogens is 1. The van der Waals surface area contributed by atoms with Crippen molar-refractivity contribution in [2.75, 3.05) is 19.5 Å². The lowest BCUT2D eigenvalue weighted by atomic mass is 9.92. The number of aliphatic carboxylic acids is 1. The Morgan fingerprint density at radius 1 is 1.15 bits per heavy atom. The van der Waals surface area contributed by atoms with Crippen molar-refractivity contribution in [2.45, 2.75) is 38.3 Å². The van der Waals surface area contributed by atoms with Gasteiger partial charge < -0.3 is 25.0 Å². The molecule has 0 spiro atoms. The SMILES string of the molecule is COc1cc(C(Nc2ccc3cc[nH]c(=O)c3c2)C(=O)N(C)Cc2cc([N+](=O)[O-])ccc2-n2cccn2)ccc1[C@@H](C)CCC(=O)O. The van der Waals surface area contributed by atoms with Crippen LogP contribution in [-0.4, -0.2) is 55.7 Å². The Morgan fingerprint density at radius 3 is 2.66 bits per heavy atom. The first-order chi connectivity index (χ1) is 22.5. The summed E-state index contributed by atoms with van der Waals surface area (Å²) in [6.07, 6.45) is 5.27. The van der Waals surface area contributed by atoms with Crippen molar-refractivity contribution in [1.82, 2.24) is 19.7 Å². The summed E-state index contributed by atoms with van der Waals surface area (Å²) in [6, 6.07) is 17.5. The van der Waals surface area contributed by atoms with Crippen LogP contribution < -0.4 is 15.6 Å². The van der Waals surface area contributed by atoms with Gasteiger partial charge in [-0.2, -0.15) is 5.10 Å². The van der Waals surface area contributed by atoms with Crippen LogP contribution in [0.4, 0.5) is 11.4 Å². The number of carboxylic acid groups (broad SMARTS) is 1. The highest BCUT2D eigenvalue weighted by atomic mass is 16.6. The summed E-state index contributed by atoms with van der Waals surface area (Å²) in [5.74, 6) is -0.878. The lowest BCUT2D eigenvalue weighted by molar-refractivity contribution is -0.384. The van der Waals surface area contributed by atoms with Crippen LogP contribution in [-0.2, 0) is 16.1 Å². The number of methoxy groups -OCH3 is 1. The number of fused-ring (bicyclic) bond motifs is 1. The molecule has 2 atom stereocenters. The Balaban J connectivity index is 1.53. The summed E-state index contributed by atoms with van der Waals surface area (Å²) in [7, 11) is 3.12. The van der Waals surface area contributed by atoms with Crippen molar-refractivity contribution in [3.8, 4) is 11.4 Å². The molecule has 47 heavy (non-hydrogen) atoms. The highest BCUT2D eigenvalue weighted by molar-refractivity contribution is 5.89. The largest absolute Gasteiger partial charge is 0.496 e.